The van der Waals surface area contributed by atoms with Gasteiger partial charge in [-0.15, -0.1) is 11.3 Å². The van der Waals surface area contributed by atoms with Crippen LogP contribution in [0.25, 0.3) is 10.1 Å². The highest BCUT2D eigenvalue weighted by molar-refractivity contribution is 7.21. The van der Waals surface area contributed by atoms with E-state index in [0.29, 0.717) is 11.1 Å². The Labute approximate surface area is 197 Å². The van der Waals surface area contributed by atoms with Gasteiger partial charge in [0.05, 0.1) is 12.1 Å². The summed E-state index contributed by atoms with van der Waals surface area (Å²) in [5, 5.41) is 0.633. The number of fused-ring (bicyclic) bond motifs is 1. The third-order valence-corrected chi connectivity index (χ3v) is 6.12. The van der Waals surface area contributed by atoms with Crippen molar-refractivity contribution < 1.29 is 28.2 Å². The van der Waals surface area contributed by atoms with Crippen LogP contribution in [0, 0.1) is 5.82 Å². The first kappa shape index (κ1) is 22.5. The quantitative estimate of drug-likeness (QED) is 0.125. The molecule has 166 valence electrons. The minimum absolute atomic E-state index is 0.0127. The number of ketones is 1. The second kappa shape index (κ2) is 9.44. The summed E-state index contributed by atoms with van der Waals surface area (Å²) in [6, 6.07) is 15.4. The predicted octanol–water partition coefficient (Wildman–Crippen LogP) is 6.82. The van der Waals surface area contributed by atoms with E-state index in [1.807, 2.05) is 0 Å². The lowest BCUT2D eigenvalue weighted by molar-refractivity contribution is -0.129. The van der Waals surface area contributed by atoms with Crippen molar-refractivity contribution >= 4 is 44.8 Å². The van der Waals surface area contributed by atoms with Gasteiger partial charge in [-0.2, -0.15) is 0 Å². The highest BCUT2D eigenvalue weighted by Crippen LogP contribution is 2.44. The Bertz CT molecular complexity index is 1400. The standard InChI is InChI=1S/C25H16ClFO5S/c1-3-22(28)31-19-6-4-5-7-20(19)32-24-17-11-9-15(30-2)13-21(17)33-25(24)23(29)16-10-8-14(27)12-18(16)26/h3-13H,1H2,2H3. The lowest BCUT2D eigenvalue weighted by Gasteiger charge is -2.12. The number of esters is 1. The number of hydrogen-bond donors (Lipinski definition) is 0. The molecule has 4 rings (SSSR count). The van der Waals surface area contributed by atoms with Gasteiger partial charge in [-0.05, 0) is 48.5 Å². The average molecular weight is 483 g/mol. The fourth-order valence-corrected chi connectivity index (χ4v) is 4.47. The molecule has 0 amide bonds. The highest BCUT2D eigenvalue weighted by Gasteiger charge is 2.25. The second-order valence-electron chi connectivity index (χ2n) is 6.75. The first-order valence-electron chi connectivity index (χ1n) is 9.62. The monoisotopic (exact) mass is 482 g/mol. The molecule has 0 aliphatic rings. The molecule has 8 heteroatoms. The molecule has 5 nitrogen and oxygen atoms in total. The molecule has 4 aromatic rings. The second-order valence-corrected chi connectivity index (χ2v) is 8.21. The van der Waals surface area contributed by atoms with Crippen molar-refractivity contribution in [2.45, 2.75) is 0 Å². The van der Waals surface area contributed by atoms with Crippen LogP contribution in [-0.2, 0) is 4.79 Å². The lowest BCUT2D eigenvalue weighted by atomic mass is 10.1. The van der Waals surface area contributed by atoms with Crippen molar-refractivity contribution in [3.63, 3.8) is 0 Å². The van der Waals surface area contributed by atoms with Crippen molar-refractivity contribution in [2.75, 3.05) is 7.11 Å². The van der Waals surface area contributed by atoms with Gasteiger partial charge >= 0.3 is 5.97 Å². The van der Waals surface area contributed by atoms with Gasteiger partial charge in [0, 0.05) is 21.7 Å². The summed E-state index contributed by atoms with van der Waals surface area (Å²) in [6.07, 6.45) is 1.04. The summed E-state index contributed by atoms with van der Waals surface area (Å²) in [5.74, 6) is -0.390. The molecule has 0 fully saturated rings. The van der Waals surface area contributed by atoms with Crippen LogP contribution in [0.3, 0.4) is 0 Å². The van der Waals surface area contributed by atoms with E-state index in [1.165, 1.54) is 23.5 Å². The summed E-state index contributed by atoms with van der Waals surface area (Å²) in [4.78, 5) is 25.4. The van der Waals surface area contributed by atoms with Gasteiger partial charge in [0.1, 0.15) is 16.4 Å². The summed E-state index contributed by atoms with van der Waals surface area (Å²) in [5.41, 5.74) is 0.132. The molecule has 0 radical (unpaired) electrons. The largest absolute Gasteiger partial charge is 0.497 e. The van der Waals surface area contributed by atoms with Gasteiger partial charge in [0.25, 0.3) is 0 Å². The SMILES string of the molecule is C=CC(=O)Oc1ccccc1Oc1c(C(=O)c2ccc(F)cc2Cl)sc2cc(OC)ccc12. The Hall–Kier alpha value is -3.68. The maximum absolute atomic E-state index is 13.5. The lowest BCUT2D eigenvalue weighted by Crippen LogP contribution is -2.05. The first-order valence-corrected chi connectivity index (χ1v) is 10.8. The third kappa shape index (κ3) is 4.60. The Kier molecular flexibility index (Phi) is 6.44. The van der Waals surface area contributed by atoms with E-state index >= 15 is 0 Å². The predicted molar refractivity (Wildman–Crippen MR) is 126 cm³/mol. The number of carbonyl (C=O) groups excluding carboxylic acids is 2. The van der Waals surface area contributed by atoms with Gasteiger partial charge in [0.2, 0.25) is 5.78 Å². The van der Waals surface area contributed by atoms with Gasteiger partial charge < -0.3 is 14.2 Å². The van der Waals surface area contributed by atoms with E-state index < -0.39 is 17.6 Å². The number of methoxy groups -OCH3 is 1. The van der Waals surface area contributed by atoms with Crippen LogP contribution < -0.4 is 14.2 Å². The first-order chi connectivity index (χ1) is 15.9. The zero-order chi connectivity index (χ0) is 23.5. The fraction of sp³-hybridized carbons (Fsp3) is 0.0400. The molecular formula is C25H16ClFO5S. The fourth-order valence-electron chi connectivity index (χ4n) is 3.11. The molecule has 0 aliphatic carbocycles. The minimum atomic E-state index is -0.652. The number of thiophene rings is 1. The highest BCUT2D eigenvalue weighted by atomic mass is 35.5. The molecule has 0 aliphatic heterocycles. The normalized spacial score (nSPS) is 10.6. The molecule has 0 saturated carbocycles. The number of para-hydroxylation sites is 2. The number of rotatable bonds is 7. The molecule has 3 aromatic carbocycles. The molecule has 0 unspecified atom stereocenters. The van der Waals surface area contributed by atoms with Gasteiger partial charge in [-0.25, -0.2) is 9.18 Å². The minimum Gasteiger partial charge on any atom is -0.497 e. The molecule has 0 saturated heterocycles. The zero-order valence-electron chi connectivity index (χ0n) is 17.3. The van der Waals surface area contributed by atoms with Gasteiger partial charge in [-0.3, -0.25) is 4.79 Å². The molecule has 0 atom stereocenters. The van der Waals surface area contributed by atoms with Crippen molar-refractivity contribution in [3.05, 3.63) is 94.6 Å². The molecular weight excluding hydrogens is 467 g/mol. The molecule has 0 N–H and O–H groups in total. The number of benzene rings is 3. The Morgan fingerprint density at radius 1 is 1.06 bits per heavy atom. The number of ether oxygens (including phenoxy) is 3. The maximum atomic E-state index is 13.5. The van der Waals surface area contributed by atoms with Crippen LogP contribution in [0.5, 0.6) is 23.0 Å². The average Bonchev–Trinajstić information content (AvgIpc) is 3.17. The van der Waals surface area contributed by atoms with Crippen molar-refractivity contribution in [2.24, 2.45) is 0 Å². The smallest absolute Gasteiger partial charge is 0.335 e. The van der Waals surface area contributed by atoms with E-state index in [1.54, 1.807) is 49.6 Å². The van der Waals surface area contributed by atoms with Crippen LogP contribution in [0.2, 0.25) is 5.02 Å². The van der Waals surface area contributed by atoms with E-state index in [-0.39, 0.29) is 32.7 Å². The maximum Gasteiger partial charge on any atom is 0.335 e. The number of halogens is 2. The number of hydrogen-bond acceptors (Lipinski definition) is 6. The van der Waals surface area contributed by atoms with Crippen molar-refractivity contribution in [1.29, 1.82) is 0 Å². The van der Waals surface area contributed by atoms with E-state index in [4.69, 9.17) is 25.8 Å². The molecule has 33 heavy (non-hydrogen) atoms. The van der Waals surface area contributed by atoms with E-state index in [0.717, 1.165) is 16.8 Å². The zero-order valence-corrected chi connectivity index (χ0v) is 18.8. The molecule has 1 aromatic heterocycles. The molecule has 0 bridgehead atoms. The Morgan fingerprint density at radius 2 is 1.82 bits per heavy atom. The van der Waals surface area contributed by atoms with E-state index in [2.05, 4.69) is 6.58 Å². The summed E-state index contributed by atoms with van der Waals surface area (Å²) in [7, 11) is 1.54. The topological polar surface area (TPSA) is 61.8 Å². The van der Waals surface area contributed by atoms with Crippen molar-refractivity contribution in [1.82, 2.24) is 0 Å². The van der Waals surface area contributed by atoms with Crippen LogP contribution in [0.4, 0.5) is 4.39 Å². The summed E-state index contributed by atoms with van der Waals surface area (Å²) < 4.78 is 31.0. The Morgan fingerprint density at radius 3 is 2.52 bits per heavy atom. The number of carbonyl (C=O) groups is 2. The molecule has 0 spiro atoms. The Balaban J connectivity index is 1.86. The van der Waals surface area contributed by atoms with Gasteiger partial charge in [-0.1, -0.05) is 30.3 Å². The van der Waals surface area contributed by atoms with Crippen LogP contribution in [0.15, 0.2) is 73.3 Å². The van der Waals surface area contributed by atoms with Crippen LogP contribution in [-0.4, -0.2) is 18.9 Å². The van der Waals surface area contributed by atoms with Crippen LogP contribution in [0.1, 0.15) is 15.2 Å². The van der Waals surface area contributed by atoms with E-state index in [9.17, 15) is 14.0 Å². The van der Waals surface area contributed by atoms with Gasteiger partial charge in [0.15, 0.2) is 17.2 Å². The summed E-state index contributed by atoms with van der Waals surface area (Å²) >= 11 is 7.33. The van der Waals surface area contributed by atoms with Crippen LogP contribution >= 0.6 is 22.9 Å². The third-order valence-electron chi connectivity index (χ3n) is 4.67. The molecule has 1 heterocycles. The van der Waals surface area contributed by atoms with Crippen molar-refractivity contribution in [3.8, 4) is 23.0 Å². The summed E-state index contributed by atoms with van der Waals surface area (Å²) in [6.45, 7) is 3.40.